The summed E-state index contributed by atoms with van der Waals surface area (Å²) < 4.78 is 8.16. The molecule has 0 amide bonds. The standard InChI is InChI=1S/C22H22N4OS/c1-15-6-10-17(11-7-15)27-12-13-28-22-25-24-21(26(22)16-8-9-16)19-14-23-20-5-3-2-4-18(19)20/h2-7,10-11,14,16,23H,8-9,12-13H2,1H3. The van der Waals surface area contributed by atoms with Crippen molar-refractivity contribution in [1.29, 1.82) is 0 Å². The van der Waals surface area contributed by atoms with E-state index in [9.17, 15) is 0 Å². The Morgan fingerprint density at radius 3 is 2.75 bits per heavy atom. The predicted octanol–water partition coefficient (Wildman–Crippen LogP) is 5.24. The molecule has 2 heterocycles. The molecule has 1 saturated carbocycles. The summed E-state index contributed by atoms with van der Waals surface area (Å²) in [5.74, 6) is 2.71. The lowest BCUT2D eigenvalue weighted by molar-refractivity contribution is 0.343. The number of nitrogens with zero attached hydrogens (tertiary/aromatic N) is 3. The Morgan fingerprint density at radius 1 is 1.11 bits per heavy atom. The van der Waals surface area contributed by atoms with Gasteiger partial charge in [0.15, 0.2) is 11.0 Å². The van der Waals surface area contributed by atoms with Crippen molar-refractivity contribution in [3.63, 3.8) is 0 Å². The number of ether oxygens (including phenoxy) is 1. The van der Waals surface area contributed by atoms with Gasteiger partial charge in [0.2, 0.25) is 0 Å². The fraction of sp³-hybridized carbons (Fsp3) is 0.273. The van der Waals surface area contributed by atoms with Crippen molar-refractivity contribution in [2.24, 2.45) is 0 Å². The van der Waals surface area contributed by atoms with Crippen molar-refractivity contribution >= 4 is 22.7 Å². The third kappa shape index (κ3) is 3.40. The first-order valence-electron chi connectivity index (χ1n) is 9.63. The van der Waals surface area contributed by atoms with Crippen LogP contribution in [0.25, 0.3) is 22.3 Å². The highest BCUT2D eigenvalue weighted by atomic mass is 32.2. The molecule has 0 unspecified atom stereocenters. The van der Waals surface area contributed by atoms with Crippen molar-refractivity contribution < 1.29 is 4.74 Å². The normalized spacial score (nSPS) is 13.9. The summed E-state index contributed by atoms with van der Waals surface area (Å²) in [5, 5.41) is 11.2. The Labute approximate surface area is 168 Å². The maximum Gasteiger partial charge on any atom is 0.191 e. The van der Waals surface area contributed by atoms with Gasteiger partial charge in [0.1, 0.15) is 5.75 Å². The molecule has 0 atom stereocenters. The molecule has 5 nitrogen and oxygen atoms in total. The monoisotopic (exact) mass is 390 g/mol. The second kappa shape index (κ2) is 7.36. The zero-order chi connectivity index (χ0) is 18.9. The summed E-state index contributed by atoms with van der Waals surface area (Å²) in [6.45, 7) is 2.73. The summed E-state index contributed by atoms with van der Waals surface area (Å²) in [5.41, 5.74) is 3.49. The number of aromatic nitrogens is 4. The van der Waals surface area contributed by atoms with Crippen LogP contribution in [0.15, 0.2) is 59.9 Å². The van der Waals surface area contributed by atoms with Crippen LogP contribution >= 0.6 is 11.8 Å². The van der Waals surface area contributed by atoms with Gasteiger partial charge in [-0.25, -0.2) is 0 Å². The SMILES string of the molecule is Cc1ccc(OCCSc2nnc(-c3c[nH]c4ccccc34)n2C2CC2)cc1. The number of fused-ring (bicyclic) bond motifs is 1. The smallest absolute Gasteiger partial charge is 0.191 e. The number of hydrogen-bond acceptors (Lipinski definition) is 4. The molecule has 1 N–H and O–H groups in total. The van der Waals surface area contributed by atoms with E-state index in [-0.39, 0.29) is 0 Å². The number of nitrogens with one attached hydrogen (secondary N) is 1. The van der Waals surface area contributed by atoms with Gasteiger partial charge in [-0.05, 0) is 38.0 Å². The van der Waals surface area contributed by atoms with Crippen LogP contribution in [0.2, 0.25) is 0 Å². The Balaban J connectivity index is 1.32. The van der Waals surface area contributed by atoms with Crippen LogP contribution in [0.4, 0.5) is 0 Å². The van der Waals surface area contributed by atoms with Gasteiger partial charge in [-0.3, -0.25) is 4.57 Å². The van der Waals surface area contributed by atoms with Crippen LogP contribution in [0.1, 0.15) is 24.4 Å². The van der Waals surface area contributed by atoms with Crippen molar-refractivity contribution in [1.82, 2.24) is 19.7 Å². The zero-order valence-corrected chi connectivity index (χ0v) is 16.6. The lowest BCUT2D eigenvalue weighted by atomic mass is 10.1. The number of hydrogen-bond donors (Lipinski definition) is 1. The molecule has 0 aliphatic heterocycles. The molecule has 6 heteroatoms. The highest BCUT2D eigenvalue weighted by Gasteiger charge is 2.30. The van der Waals surface area contributed by atoms with E-state index in [4.69, 9.17) is 4.74 Å². The summed E-state index contributed by atoms with van der Waals surface area (Å²) in [4.78, 5) is 3.35. The van der Waals surface area contributed by atoms with Crippen LogP contribution in [0.5, 0.6) is 5.75 Å². The maximum absolute atomic E-state index is 5.85. The van der Waals surface area contributed by atoms with Gasteiger partial charge in [0.05, 0.1) is 6.61 Å². The number of rotatable bonds is 7. The average Bonchev–Trinajstić information content (AvgIpc) is 3.33. The summed E-state index contributed by atoms with van der Waals surface area (Å²) in [7, 11) is 0. The topological polar surface area (TPSA) is 55.7 Å². The summed E-state index contributed by atoms with van der Waals surface area (Å²) in [6.07, 6.45) is 4.43. The quantitative estimate of drug-likeness (QED) is 0.346. The minimum Gasteiger partial charge on any atom is -0.493 e. The number of H-pyrrole nitrogens is 1. The lowest BCUT2D eigenvalue weighted by Gasteiger charge is -2.09. The van der Waals surface area contributed by atoms with E-state index in [0.717, 1.165) is 33.6 Å². The third-order valence-electron chi connectivity index (χ3n) is 5.01. The minimum absolute atomic E-state index is 0.513. The Bertz CT molecular complexity index is 1100. The lowest BCUT2D eigenvalue weighted by Crippen LogP contribution is -2.03. The molecular weight excluding hydrogens is 368 g/mol. The van der Waals surface area contributed by atoms with Crippen LogP contribution in [-0.2, 0) is 0 Å². The average molecular weight is 391 g/mol. The van der Waals surface area contributed by atoms with Gasteiger partial charge in [-0.1, -0.05) is 47.7 Å². The first kappa shape index (κ1) is 17.4. The zero-order valence-electron chi connectivity index (χ0n) is 15.8. The molecule has 0 radical (unpaired) electrons. The highest BCUT2D eigenvalue weighted by Crippen LogP contribution is 2.42. The van der Waals surface area contributed by atoms with E-state index in [1.54, 1.807) is 11.8 Å². The van der Waals surface area contributed by atoms with E-state index in [2.05, 4.69) is 57.0 Å². The van der Waals surface area contributed by atoms with E-state index in [1.165, 1.54) is 23.8 Å². The fourth-order valence-corrected chi connectivity index (χ4v) is 4.23. The summed E-state index contributed by atoms with van der Waals surface area (Å²) in [6, 6.07) is 17.0. The maximum atomic E-state index is 5.85. The Hall–Kier alpha value is -2.73. The van der Waals surface area contributed by atoms with Gasteiger partial charge in [-0.15, -0.1) is 10.2 Å². The predicted molar refractivity (Wildman–Crippen MR) is 113 cm³/mol. The van der Waals surface area contributed by atoms with Crippen molar-refractivity contribution in [3.05, 3.63) is 60.3 Å². The van der Waals surface area contributed by atoms with Crippen molar-refractivity contribution in [2.75, 3.05) is 12.4 Å². The number of thioether (sulfide) groups is 1. The third-order valence-corrected chi connectivity index (χ3v) is 5.92. The van der Waals surface area contributed by atoms with Gasteiger partial charge >= 0.3 is 0 Å². The largest absolute Gasteiger partial charge is 0.493 e. The molecule has 0 bridgehead atoms. The van der Waals surface area contributed by atoms with E-state index in [0.29, 0.717) is 12.6 Å². The molecule has 0 saturated heterocycles. The van der Waals surface area contributed by atoms with Crippen LogP contribution in [-0.4, -0.2) is 32.1 Å². The van der Waals surface area contributed by atoms with Crippen LogP contribution in [0, 0.1) is 6.92 Å². The first-order chi connectivity index (χ1) is 13.8. The molecule has 1 aliphatic rings. The number of benzene rings is 2. The first-order valence-corrected chi connectivity index (χ1v) is 10.6. The van der Waals surface area contributed by atoms with E-state index in [1.807, 2.05) is 24.4 Å². The van der Waals surface area contributed by atoms with Crippen molar-refractivity contribution in [3.8, 4) is 17.1 Å². The molecule has 2 aromatic carbocycles. The van der Waals surface area contributed by atoms with Gasteiger partial charge < -0.3 is 9.72 Å². The van der Waals surface area contributed by atoms with Crippen molar-refractivity contribution in [2.45, 2.75) is 31.0 Å². The molecule has 0 spiro atoms. The second-order valence-electron chi connectivity index (χ2n) is 7.17. The molecule has 2 aromatic heterocycles. The molecule has 5 rings (SSSR count). The van der Waals surface area contributed by atoms with Crippen LogP contribution in [0.3, 0.4) is 0 Å². The van der Waals surface area contributed by atoms with Gasteiger partial charge in [0, 0.05) is 34.5 Å². The Kier molecular flexibility index (Phi) is 4.56. The molecule has 1 aliphatic carbocycles. The molecule has 1 fully saturated rings. The van der Waals surface area contributed by atoms with Crippen LogP contribution < -0.4 is 4.74 Å². The molecular formula is C22H22N4OS. The minimum atomic E-state index is 0.513. The van der Waals surface area contributed by atoms with Gasteiger partial charge in [-0.2, -0.15) is 0 Å². The number of para-hydroxylation sites is 1. The summed E-state index contributed by atoms with van der Waals surface area (Å²) >= 11 is 1.72. The molecule has 4 aromatic rings. The fourth-order valence-electron chi connectivity index (χ4n) is 3.40. The molecule has 142 valence electrons. The second-order valence-corrected chi connectivity index (χ2v) is 8.23. The molecule has 28 heavy (non-hydrogen) atoms. The Morgan fingerprint density at radius 2 is 1.93 bits per heavy atom. The highest BCUT2D eigenvalue weighted by molar-refractivity contribution is 7.99. The number of aryl methyl sites for hydroxylation is 1. The van der Waals surface area contributed by atoms with E-state index < -0.39 is 0 Å². The van der Waals surface area contributed by atoms with Gasteiger partial charge in [0.25, 0.3) is 0 Å². The number of aromatic amines is 1. The van der Waals surface area contributed by atoms with E-state index >= 15 is 0 Å².